The van der Waals surface area contributed by atoms with Gasteiger partial charge in [-0.15, -0.1) is 0 Å². The van der Waals surface area contributed by atoms with E-state index >= 15 is 0 Å². The van der Waals surface area contributed by atoms with Crippen molar-refractivity contribution in [3.63, 3.8) is 0 Å². The van der Waals surface area contributed by atoms with E-state index in [1.165, 1.54) is 22.3 Å². The normalized spacial score (nSPS) is 17.0. The largest absolute Gasteiger partial charge is 0.496 e. The summed E-state index contributed by atoms with van der Waals surface area (Å²) in [7, 11) is 3.92. The molecule has 0 amide bonds. The summed E-state index contributed by atoms with van der Waals surface area (Å²) in [5, 5.41) is 7.02. The van der Waals surface area contributed by atoms with Crippen molar-refractivity contribution < 1.29 is 4.74 Å². The van der Waals surface area contributed by atoms with Gasteiger partial charge in [-0.05, 0) is 61.3 Å². The average Bonchev–Trinajstić information content (AvgIpc) is 3.03. The molecule has 0 bridgehead atoms. The maximum Gasteiger partial charge on any atom is 0.223 e. The van der Waals surface area contributed by atoms with Crippen LogP contribution in [0.5, 0.6) is 5.75 Å². The van der Waals surface area contributed by atoms with Crippen LogP contribution in [0, 0.1) is 0 Å². The Balaban J connectivity index is 1.11. The number of anilines is 2. The third kappa shape index (κ3) is 6.37. The number of benzene rings is 3. The number of rotatable bonds is 10. The maximum atomic E-state index is 5.49. The van der Waals surface area contributed by atoms with E-state index in [1.54, 1.807) is 7.11 Å². The van der Waals surface area contributed by atoms with Crippen molar-refractivity contribution in [2.24, 2.45) is 0 Å². The first-order valence-electron chi connectivity index (χ1n) is 14.7. The summed E-state index contributed by atoms with van der Waals surface area (Å²) in [6.07, 6.45) is 4.01. The Hall–Kier alpha value is -3.94. The van der Waals surface area contributed by atoms with E-state index in [0.29, 0.717) is 6.54 Å². The van der Waals surface area contributed by atoms with Crippen LogP contribution in [-0.2, 0) is 13.0 Å². The summed E-state index contributed by atoms with van der Waals surface area (Å²) in [6, 6.07) is 25.7. The Morgan fingerprint density at radius 1 is 0.902 bits per heavy atom. The second kappa shape index (κ2) is 12.7. The Morgan fingerprint density at radius 2 is 1.68 bits per heavy atom. The molecule has 0 radical (unpaired) electrons. The summed E-state index contributed by atoms with van der Waals surface area (Å²) in [5.74, 6) is 1.90. The third-order valence-electron chi connectivity index (χ3n) is 8.40. The van der Waals surface area contributed by atoms with Gasteiger partial charge in [-0.2, -0.15) is 0 Å². The highest BCUT2D eigenvalue weighted by atomic mass is 16.5. The van der Waals surface area contributed by atoms with Crippen molar-refractivity contribution in [1.29, 1.82) is 0 Å². The molecular formula is C34H40N6O. The molecule has 2 heterocycles. The highest BCUT2D eigenvalue weighted by Gasteiger charge is 2.27. The molecule has 0 spiro atoms. The number of para-hydroxylation sites is 1. The summed E-state index contributed by atoms with van der Waals surface area (Å²) in [6.45, 7) is 7.35. The average molecular weight is 549 g/mol. The number of hydrogen-bond donors (Lipinski definition) is 2. The van der Waals surface area contributed by atoms with Crippen LogP contribution in [0.4, 0.5) is 11.6 Å². The van der Waals surface area contributed by atoms with Crippen LogP contribution in [-0.4, -0.2) is 73.2 Å². The molecule has 3 aromatic carbocycles. The molecule has 0 saturated carbocycles. The predicted molar refractivity (Wildman–Crippen MR) is 167 cm³/mol. The molecule has 4 aromatic rings. The molecule has 2 N–H and O–H groups in total. The molecule has 1 saturated heterocycles. The van der Waals surface area contributed by atoms with Gasteiger partial charge in [0, 0.05) is 68.2 Å². The van der Waals surface area contributed by atoms with Gasteiger partial charge in [-0.1, -0.05) is 54.6 Å². The topological polar surface area (TPSA) is 65.6 Å². The highest BCUT2D eigenvalue weighted by Crippen LogP contribution is 2.42. The molecule has 1 aromatic heterocycles. The zero-order chi connectivity index (χ0) is 28.0. The van der Waals surface area contributed by atoms with Gasteiger partial charge in [-0.25, -0.2) is 9.97 Å². The van der Waals surface area contributed by atoms with Crippen LogP contribution in [0.2, 0.25) is 0 Å². The van der Waals surface area contributed by atoms with Crippen molar-refractivity contribution in [2.75, 3.05) is 64.1 Å². The van der Waals surface area contributed by atoms with Crippen LogP contribution in [0.1, 0.15) is 34.6 Å². The number of fused-ring (bicyclic) bond motifs is 3. The summed E-state index contributed by atoms with van der Waals surface area (Å²) >= 11 is 0. The highest BCUT2D eigenvalue weighted by molar-refractivity contribution is 5.72. The second-order valence-electron chi connectivity index (χ2n) is 11.1. The predicted octanol–water partition coefficient (Wildman–Crippen LogP) is 5.50. The molecule has 6 rings (SSSR count). The van der Waals surface area contributed by atoms with Gasteiger partial charge in [-0.3, -0.25) is 0 Å². The Bertz CT molecular complexity index is 1450. The van der Waals surface area contributed by atoms with Gasteiger partial charge in [0.25, 0.3) is 0 Å². The monoisotopic (exact) mass is 548 g/mol. The van der Waals surface area contributed by atoms with E-state index in [1.807, 2.05) is 24.4 Å². The number of methoxy groups -OCH3 is 1. The number of nitrogens with zero attached hydrogens (tertiary/aromatic N) is 4. The summed E-state index contributed by atoms with van der Waals surface area (Å²) in [5.41, 5.74) is 8.33. The number of likely N-dealkylation sites (N-methyl/N-ethyl adjacent to an activating group) is 1. The number of piperazine rings is 1. The Kier molecular flexibility index (Phi) is 8.44. The van der Waals surface area contributed by atoms with Crippen LogP contribution < -0.4 is 15.4 Å². The van der Waals surface area contributed by atoms with Crippen molar-refractivity contribution >= 4 is 11.6 Å². The smallest absolute Gasteiger partial charge is 0.223 e. The number of hydrogen-bond acceptors (Lipinski definition) is 7. The van der Waals surface area contributed by atoms with Crippen molar-refractivity contribution in [3.8, 4) is 17.0 Å². The van der Waals surface area contributed by atoms with Crippen LogP contribution in [0.15, 0.2) is 79.0 Å². The van der Waals surface area contributed by atoms with Gasteiger partial charge in [0.15, 0.2) is 0 Å². The van der Waals surface area contributed by atoms with Crippen molar-refractivity contribution in [2.45, 2.75) is 25.3 Å². The van der Waals surface area contributed by atoms with E-state index in [0.717, 1.165) is 80.8 Å². The second-order valence-corrected chi connectivity index (χ2v) is 11.1. The lowest BCUT2D eigenvalue weighted by Crippen LogP contribution is -2.44. The quantitative estimate of drug-likeness (QED) is 0.254. The van der Waals surface area contributed by atoms with Crippen LogP contribution in [0.3, 0.4) is 0 Å². The minimum Gasteiger partial charge on any atom is -0.496 e. The van der Waals surface area contributed by atoms with E-state index < -0.39 is 0 Å². The summed E-state index contributed by atoms with van der Waals surface area (Å²) < 4.78 is 5.49. The molecule has 1 fully saturated rings. The lowest BCUT2D eigenvalue weighted by Gasteiger charge is -2.32. The van der Waals surface area contributed by atoms with Gasteiger partial charge in [0.05, 0.1) is 12.8 Å². The first-order valence-corrected chi connectivity index (χ1v) is 14.7. The molecule has 1 aliphatic carbocycles. The van der Waals surface area contributed by atoms with Gasteiger partial charge in [0.1, 0.15) is 5.75 Å². The molecule has 2 aliphatic rings. The molecule has 1 atom stereocenters. The SMILES string of the molecule is COc1ccccc1CNc1ccc(C2Cc3cnc(NCCCN4CCN(C)CC4)nc3-c3ccccc32)cc1. The van der Waals surface area contributed by atoms with E-state index in [2.05, 4.69) is 82.1 Å². The molecule has 212 valence electrons. The zero-order valence-corrected chi connectivity index (χ0v) is 24.1. The standard InChI is InChI=1S/C34H40N6O/c1-39-18-20-40(21-19-39)17-7-16-35-34-37-24-27-22-31(29-9-4-5-10-30(29)33(27)38-34)25-12-14-28(15-13-25)36-23-26-8-3-6-11-32(26)41-2/h3-6,8-15,24,31,36H,7,16-23H2,1-2H3,(H,35,37,38). The van der Waals surface area contributed by atoms with E-state index in [9.17, 15) is 0 Å². The lowest BCUT2D eigenvalue weighted by atomic mass is 9.78. The fourth-order valence-electron chi connectivity index (χ4n) is 5.97. The zero-order valence-electron chi connectivity index (χ0n) is 24.1. The fraction of sp³-hybridized carbons (Fsp3) is 0.353. The van der Waals surface area contributed by atoms with Gasteiger partial charge >= 0.3 is 0 Å². The third-order valence-corrected chi connectivity index (χ3v) is 8.40. The van der Waals surface area contributed by atoms with E-state index in [4.69, 9.17) is 14.7 Å². The molecule has 7 nitrogen and oxygen atoms in total. The Labute approximate surface area is 243 Å². The molecule has 1 unspecified atom stereocenters. The van der Waals surface area contributed by atoms with Crippen LogP contribution in [0.25, 0.3) is 11.3 Å². The number of ether oxygens (including phenoxy) is 1. The first kappa shape index (κ1) is 27.2. The maximum absolute atomic E-state index is 5.49. The van der Waals surface area contributed by atoms with Crippen molar-refractivity contribution in [3.05, 3.63) is 101 Å². The van der Waals surface area contributed by atoms with Gasteiger partial charge < -0.3 is 25.2 Å². The van der Waals surface area contributed by atoms with Crippen LogP contribution >= 0.6 is 0 Å². The Morgan fingerprint density at radius 3 is 2.51 bits per heavy atom. The minimum absolute atomic E-state index is 0.271. The molecule has 41 heavy (non-hydrogen) atoms. The first-order chi connectivity index (χ1) is 20.2. The summed E-state index contributed by atoms with van der Waals surface area (Å²) in [4.78, 5) is 14.7. The van der Waals surface area contributed by atoms with E-state index in [-0.39, 0.29) is 5.92 Å². The lowest BCUT2D eigenvalue weighted by molar-refractivity contribution is 0.154. The van der Waals surface area contributed by atoms with Crippen molar-refractivity contribution in [1.82, 2.24) is 19.8 Å². The van der Waals surface area contributed by atoms with Gasteiger partial charge in [0.2, 0.25) is 5.95 Å². The minimum atomic E-state index is 0.271. The molecular weight excluding hydrogens is 508 g/mol. The number of nitrogens with one attached hydrogen (secondary N) is 2. The fourth-order valence-corrected chi connectivity index (χ4v) is 5.97. The molecule has 1 aliphatic heterocycles. The number of aromatic nitrogens is 2. The molecule has 7 heteroatoms.